The number of carbonyl (C=O) groups is 1. The van der Waals surface area contributed by atoms with E-state index in [2.05, 4.69) is 11.9 Å². The molecule has 2 N–H and O–H groups in total. The number of carbonyl (C=O) groups excluding carboxylic acids is 1. The van der Waals surface area contributed by atoms with Crippen LogP contribution in [-0.2, 0) is 11.2 Å². The van der Waals surface area contributed by atoms with Crippen LogP contribution < -0.4 is 5.73 Å². The average Bonchev–Trinajstić information content (AvgIpc) is 2.39. The Morgan fingerprint density at radius 3 is 2.72 bits per heavy atom. The molecule has 0 radical (unpaired) electrons. The van der Waals surface area contributed by atoms with Crippen molar-refractivity contribution in [3.63, 3.8) is 0 Å². The lowest BCUT2D eigenvalue weighted by Crippen LogP contribution is -2.33. The molecule has 1 aromatic rings. The van der Waals surface area contributed by atoms with Gasteiger partial charge in [0.15, 0.2) is 0 Å². The lowest BCUT2D eigenvalue weighted by Gasteiger charge is -2.20. The third-order valence-corrected chi connectivity index (χ3v) is 3.02. The largest absolute Gasteiger partial charge is 0.345 e. The first-order valence-corrected chi connectivity index (χ1v) is 6.46. The zero-order chi connectivity index (χ0) is 13.4. The number of nitrogens with two attached hydrogens (primary N) is 1. The molecule has 100 valence electrons. The second kappa shape index (κ2) is 7.82. The molecule has 1 rings (SSSR count). The maximum atomic E-state index is 11.9. The molecule has 0 saturated heterocycles. The van der Waals surface area contributed by atoms with Crippen LogP contribution in [0, 0.1) is 5.92 Å². The van der Waals surface area contributed by atoms with Crippen molar-refractivity contribution in [2.45, 2.75) is 26.2 Å². The number of amides is 1. The van der Waals surface area contributed by atoms with Gasteiger partial charge in [-0.25, -0.2) is 0 Å². The first-order valence-electron chi connectivity index (χ1n) is 6.46. The van der Waals surface area contributed by atoms with Gasteiger partial charge in [0.05, 0.1) is 0 Å². The summed E-state index contributed by atoms with van der Waals surface area (Å²) in [5.41, 5.74) is 6.78. The highest BCUT2D eigenvalue weighted by Gasteiger charge is 2.11. The second-order valence-corrected chi connectivity index (χ2v) is 4.82. The van der Waals surface area contributed by atoms with Crippen LogP contribution in [-0.4, -0.2) is 35.9 Å². The van der Waals surface area contributed by atoms with Crippen molar-refractivity contribution in [3.05, 3.63) is 30.1 Å². The van der Waals surface area contributed by atoms with Gasteiger partial charge in [0.2, 0.25) is 5.91 Å². The highest BCUT2D eigenvalue weighted by atomic mass is 16.2. The summed E-state index contributed by atoms with van der Waals surface area (Å²) in [6.07, 6.45) is 5.97. The zero-order valence-electron chi connectivity index (χ0n) is 11.3. The Balaban J connectivity index is 2.24. The topological polar surface area (TPSA) is 59.2 Å². The fourth-order valence-electron chi connectivity index (χ4n) is 1.83. The maximum Gasteiger partial charge on any atom is 0.222 e. The number of pyridine rings is 1. The molecule has 1 amide bonds. The van der Waals surface area contributed by atoms with Gasteiger partial charge in [-0.15, -0.1) is 0 Å². The molecule has 0 aromatic carbocycles. The molecule has 0 aliphatic heterocycles. The molecular formula is C14H23N3O. The van der Waals surface area contributed by atoms with Crippen molar-refractivity contribution in [1.29, 1.82) is 0 Å². The molecule has 1 atom stereocenters. The minimum Gasteiger partial charge on any atom is -0.345 e. The Bertz CT molecular complexity index is 353. The number of aryl methyl sites for hydroxylation is 1. The van der Waals surface area contributed by atoms with Gasteiger partial charge in [-0.3, -0.25) is 9.78 Å². The molecule has 0 aliphatic carbocycles. The highest BCUT2D eigenvalue weighted by Crippen LogP contribution is 2.06. The van der Waals surface area contributed by atoms with Gasteiger partial charge in [0.25, 0.3) is 0 Å². The van der Waals surface area contributed by atoms with Crippen molar-refractivity contribution in [1.82, 2.24) is 9.88 Å². The SMILES string of the molecule is CC(CN)CN(C)C(=O)CCCc1ccncc1. The molecule has 18 heavy (non-hydrogen) atoms. The maximum absolute atomic E-state index is 11.9. The fraction of sp³-hybridized carbons (Fsp3) is 0.571. The highest BCUT2D eigenvalue weighted by molar-refractivity contribution is 5.75. The van der Waals surface area contributed by atoms with Crippen molar-refractivity contribution in [3.8, 4) is 0 Å². The number of nitrogens with zero attached hydrogens (tertiary/aromatic N) is 2. The quantitative estimate of drug-likeness (QED) is 0.796. The van der Waals surface area contributed by atoms with E-state index in [0.717, 1.165) is 19.4 Å². The van der Waals surface area contributed by atoms with E-state index in [9.17, 15) is 4.79 Å². The van der Waals surface area contributed by atoms with E-state index in [1.807, 2.05) is 19.2 Å². The summed E-state index contributed by atoms with van der Waals surface area (Å²) in [6, 6.07) is 3.98. The molecular weight excluding hydrogens is 226 g/mol. The predicted octanol–water partition coefficient (Wildman–Crippen LogP) is 1.46. The minimum atomic E-state index is 0.198. The molecule has 1 unspecified atom stereocenters. The van der Waals surface area contributed by atoms with E-state index in [0.29, 0.717) is 18.9 Å². The number of hydrogen-bond acceptors (Lipinski definition) is 3. The van der Waals surface area contributed by atoms with E-state index < -0.39 is 0 Å². The lowest BCUT2D eigenvalue weighted by atomic mass is 10.1. The zero-order valence-corrected chi connectivity index (χ0v) is 11.3. The molecule has 4 nitrogen and oxygen atoms in total. The van der Waals surface area contributed by atoms with Crippen LogP contribution in [0.3, 0.4) is 0 Å². The summed E-state index contributed by atoms with van der Waals surface area (Å²) >= 11 is 0. The first-order chi connectivity index (χ1) is 8.63. The van der Waals surface area contributed by atoms with Gasteiger partial charge in [-0.1, -0.05) is 6.92 Å². The van der Waals surface area contributed by atoms with Gasteiger partial charge in [-0.2, -0.15) is 0 Å². The number of rotatable bonds is 7. The molecule has 1 heterocycles. The van der Waals surface area contributed by atoms with Crippen molar-refractivity contribution < 1.29 is 4.79 Å². The van der Waals surface area contributed by atoms with Crippen molar-refractivity contribution >= 4 is 5.91 Å². The molecule has 1 aromatic heterocycles. The van der Waals surface area contributed by atoms with Gasteiger partial charge in [-0.05, 0) is 43.0 Å². The molecule has 0 saturated carbocycles. The van der Waals surface area contributed by atoms with E-state index in [1.54, 1.807) is 17.3 Å². The van der Waals surface area contributed by atoms with Gasteiger partial charge >= 0.3 is 0 Å². The fourth-order valence-corrected chi connectivity index (χ4v) is 1.83. The summed E-state index contributed by atoms with van der Waals surface area (Å²) in [6.45, 7) is 3.42. The Kier molecular flexibility index (Phi) is 6.36. The van der Waals surface area contributed by atoms with E-state index in [4.69, 9.17) is 5.73 Å². The van der Waals surface area contributed by atoms with Crippen molar-refractivity contribution in [2.75, 3.05) is 20.1 Å². The average molecular weight is 249 g/mol. The Morgan fingerprint density at radius 2 is 2.11 bits per heavy atom. The van der Waals surface area contributed by atoms with Crippen LogP contribution in [0.1, 0.15) is 25.3 Å². The monoisotopic (exact) mass is 249 g/mol. The summed E-state index contributed by atoms with van der Waals surface area (Å²) in [4.78, 5) is 17.6. The smallest absolute Gasteiger partial charge is 0.222 e. The van der Waals surface area contributed by atoms with Crippen LogP contribution in [0.25, 0.3) is 0 Å². The van der Waals surface area contributed by atoms with Crippen molar-refractivity contribution in [2.24, 2.45) is 11.7 Å². The summed E-state index contributed by atoms with van der Waals surface area (Å²) < 4.78 is 0. The number of hydrogen-bond donors (Lipinski definition) is 1. The molecule has 0 aliphatic rings. The van der Waals surface area contributed by atoms with Crippen LogP contribution in [0.5, 0.6) is 0 Å². The third-order valence-electron chi connectivity index (χ3n) is 3.02. The van der Waals surface area contributed by atoms with Crippen LogP contribution in [0.2, 0.25) is 0 Å². The minimum absolute atomic E-state index is 0.198. The van der Waals surface area contributed by atoms with Crippen LogP contribution in [0.15, 0.2) is 24.5 Å². The van der Waals surface area contributed by atoms with Crippen LogP contribution in [0.4, 0.5) is 0 Å². The third kappa shape index (κ3) is 5.27. The standard InChI is InChI=1S/C14H23N3O/c1-12(10-15)11-17(2)14(18)5-3-4-13-6-8-16-9-7-13/h6-9,12H,3-5,10-11,15H2,1-2H3. The first kappa shape index (κ1) is 14.6. The van der Waals surface area contributed by atoms with E-state index in [1.165, 1.54) is 5.56 Å². The summed E-state index contributed by atoms with van der Waals surface area (Å²) in [7, 11) is 1.85. The summed E-state index contributed by atoms with van der Waals surface area (Å²) in [5.74, 6) is 0.559. The second-order valence-electron chi connectivity index (χ2n) is 4.82. The Morgan fingerprint density at radius 1 is 1.44 bits per heavy atom. The predicted molar refractivity (Wildman–Crippen MR) is 73.0 cm³/mol. The number of aromatic nitrogens is 1. The molecule has 0 bridgehead atoms. The molecule has 0 fully saturated rings. The van der Waals surface area contributed by atoms with Gasteiger partial charge in [0, 0.05) is 32.4 Å². The Hall–Kier alpha value is -1.42. The van der Waals surface area contributed by atoms with Gasteiger partial charge < -0.3 is 10.6 Å². The Labute approximate surface area is 109 Å². The molecule has 0 spiro atoms. The van der Waals surface area contributed by atoms with Crippen LogP contribution >= 0.6 is 0 Å². The van der Waals surface area contributed by atoms with E-state index >= 15 is 0 Å². The molecule has 4 heteroatoms. The summed E-state index contributed by atoms with van der Waals surface area (Å²) in [5, 5.41) is 0. The van der Waals surface area contributed by atoms with E-state index in [-0.39, 0.29) is 5.91 Å². The van der Waals surface area contributed by atoms with Gasteiger partial charge in [0.1, 0.15) is 0 Å². The normalized spacial score (nSPS) is 12.2. The lowest BCUT2D eigenvalue weighted by molar-refractivity contribution is -0.130.